The molecular formula is C25H27NO5. The summed E-state index contributed by atoms with van der Waals surface area (Å²) in [4.78, 5) is 24.2. The standard InChI is InChI=1S/C23H23NO3.C2H4O2/c1-4-14-24(15-5-2)17(3)27-22-13-9-7-11-19(22)23(25)20-16-26-21-12-8-6-10-18(20)21;1-2(3)4/h4-13,16-17H,1-2,14-15H2,3H3;1H3,(H,3,4). The van der Waals surface area contributed by atoms with Crippen LogP contribution in [0.5, 0.6) is 5.75 Å². The predicted molar refractivity (Wildman–Crippen MR) is 121 cm³/mol. The van der Waals surface area contributed by atoms with Crippen LogP contribution >= 0.6 is 0 Å². The van der Waals surface area contributed by atoms with Crippen LogP contribution in [0, 0.1) is 0 Å². The van der Waals surface area contributed by atoms with Gasteiger partial charge in [-0.3, -0.25) is 14.5 Å². The fraction of sp³-hybridized carbons (Fsp3) is 0.200. The average Bonchev–Trinajstić information content (AvgIpc) is 3.17. The van der Waals surface area contributed by atoms with Gasteiger partial charge in [0.1, 0.15) is 23.8 Å². The summed E-state index contributed by atoms with van der Waals surface area (Å²) in [6.07, 6.45) is 4.90. The van der Waals surface area contributed by atoms with Crippen molar-refractivity contribution < 1.29 is 23.8 Å². The molecule has 1 aromatic heterocycles. The Kier molecular flexibility index (Phi) is 8.78. The number of furan rings is 1. The quantitative estimate of drug-likeness (QED) is 0.292. The number of ether oxygens (including phenoxy) is 1. The van der Waals surface area contributed by atoms with Gasteiger partial charge >= 0.3 is 0 Å². The fourth-order valence-electron chi connectivity index (χ4n) is 3.02. The van der Waals surface area contributed by atoms with Gasteiger partial charge in [-0.2, -0.15) is 0 Å². The molecule has 6 heteroatoms. The Labute approximate surface area is 182 Å². The molecule has 3 aromatic rings. The summed E-state index contributed by atoms with van der Waals surface area (Å²) in [6.45, 7) is 11.9. The van der Waals surface area contributed by atoms with E-state index < -0.39 is 5.97 Å². The summed E-state index contributed by atoms with van der Waals surface area (Å²) in [5.41, 5.74) is 1.73. The molecular weight excluding hydrogens is 394 g/mol. The number of fused-ring (bicyclic) bond motifs is 1. The highest BCUT2D eigenvalue weighted by Crippen LogP contribution is 2.28. The van der Waals surface area contributed by atoms with E-state index in [4.69, 9.17) is 19.1 Å². The molecule has 0 bridgehead atoms. The molecule has 0 aliphatic rings. The highest BCUT2D eigenvalue weighted by Gasteiger charge is 2.21. The Hall–Kier alpha value is -3.64. The number of aliphatic carboxylic acids is 1. The third kappa shape index (κ3) is 6.42. The number of carbonyl (C=O) groups excluding carboxylic acids is 1. The van der Waals surface area contributed by atoms with E-state index in [-0.39, 0.29) is 12.0 Å². The van der Waals surface area contributed by atoms with Crippen molar-refractivity contribution in [2.75, 3.05) is 13.1 Å². The Morgan fingerprint density at radius 3 is 2.29 bits per heavy atom. The number of nitrogens with zero attached hydrogens (tertiary/aromatic N) is 1. The molecule has 0 aliphatic heterocycles. The van der Waals surface area contributed by atoms with Crippen molar-refractivity contribution in [2.24, 2.45) is 0 Å². The molecule has 0 saturated heterocycles. The average molecular weight is 421 g/mol. The lowest BCUT2D eigenvalue weighted by atomic mass is 10.0. The molecule has 1 heterocycles. The molecule has 162 valence electrons. The van der Waals surface area contributed by atoms with E-state index in [1.54, 1.807) is 6.07 Å². The van der Waals surface area contributed by atoms with Gasteiger partial charge in [0, 0.05) is 25.4 Å². The molecule has 1 atom stereocenters. The van der Waals surface area contributed by atoms with E-state index in [9.17, 15) is 4.79 Å². The maximum absolute atomic E-state index is 13.2. The molecule has 6 nitrogen and oxygen atoms in total. The summed E-state index contributed by atoms with van der Waals surface area (Å²) in [5.74, 6) is -0.417. The molecule has 3 rings (SSSR count). The minimum atomic E-state index is -0.833. The van der Waals surface area contributed by atoms with E-state index in [1.165, 1.54) is 6.26 Å². The number of ketones is 1. The Bertz CT molecular complexity index is 1040. The van der Waals surface area contributed by atoms with Gasteiger partial charge in [0.25, 0.3) is 5.97 Å². The zero-order valence-electron chi connectivity index (χ0n) is 17.8. The van der Waals surface area contributed by atoms with Crippen molar-refractivity contribution in [3.8, 4) is 5.75 Å². The van der Waals surface area contributed by atoms with Crippen molar-refractivity contribution in [2.45, 2.75) is 20.1 Å². The highest BCUT2D eigenvalue weighted by molar-refractivity contribution is 6.17. The van der Waals surface area contributed by atoms with Gasteiger partial charge in [0.2, 0.25) is 5.78 Å². The molecule has 2 aromatic carbocycles. The Morgan fingerprint density at radius 1 is 1.06 bits per heavy atom. The van der Waals surface area contributed by atoms with E-state index >= 15 is 0 Å². The van der Waals surface area contributed by atoms with Gasteiger partial charge in [-0.1, -0.05) is 42.5 Å². The minimum Gasteiger partial charge on any atom is -0.481 e. The van der Waals surface area contributed by atoms with Crippen LogP contribution in [0.15, 0.2) is 84.5 Å². The predicted octanol–water partition coefficient (Wildman–Crippen LogP) is 5.15. The number of hydrogen-bond donors (Lipinski definition) is 1. The molecule has 0 fully saturated rings. The van der Waals surface area contributed by atoms with Gasteiger partial charge in [-0.05, 0) is 25.1 Å². The van der Waals surface area contributed by atoms with Crippen molar-refractivity contribution >= 4 is 22.7 Å². The lowest BCUT2D eigenvalue weighted by Crippen LogP contribution is -2.37. The number of hydrogen-bond acceptors (Lipinski definition) is 5. The molecule has 0 radical (unpaired) electrons. The lowest BCUT2D eigenvalue weighted by molar-refractivity contribution is -0.134. The molecule has 1 unspecified atom stereocenters. The Morgan fingerprint density at radius 2 is 1.65 bits per heavy atom. The smallest absolute Gasteiger partial charge is 0.300 e. The van der Waals surface area contributed by atoms with E-state index in [1.807, 2.05) is 61.5 Å². The number of para-hydroxylation sites is 2. The highest BCUT2D eigenvalue weighted by atomic mass is 16.5. The summed E-state index contributed by atoms with van der Waals surface area (Å²) >= 11 is 0. The van der Waals surface area contributed by atoms with Crippen molar-refractivity contribution in [1.82, 2.24) is 4.90 Å². The summed E-state index contributed by atoms with van der Waals surface area (Å²) in [5, 5.41) is 8.21. The summed E-state index contributed by atoms with van der Waals surface area (Å²) < 4.78 is 11.6. The van der Waals surface area contributed by atoms with E-state index in [2.05, 4.69) is 18.1 Å². The van der Waals surface area contributed by atoms with Crippen LogP contribution in [0.2, 0.25) is 0 Å². The number of carboxylic acids is 1. The first-order valence-corrected chi connectivity index (χ1v) is 9.81. The monoisotopic (exact) mass is 421 g/mol. The van der Waals surface area contributed by atoms with Gasteiger partial charge < -0.3 is 14.3 Å². The zero-order valence-corrected chi connectivity index (χ0v) is 17.8. The van der Waals surface area contributed by atoms with Crippen molar-refractivity contribution in [3.05, 3.63) is 91.2 Å². The summed E-state index contributed by atoms with van der Waals surface area (Å²) in [7, 11) is 0. The van der Waals surface area contributed by atoms with Crippen molar-refractivity contribution in [3.63, 3.8) is 0 Å². The van der Waals surface area contributed by atoms with Crippen LogP contribution < -0.4 is 4.74 Å². The maximum atomic E-state index is 13.2. The topological polar surface area (TPSA) is 80.0 Å². The third-order valence-corrected chi connectivity index (χ3v) is 4.40. The van der Waals surface area contributed by atoms with Gasteiger partial charge in [-0.25, -0.2) is 0 Å². The number of carbonyl (C=O) groups is 2. The van der Waals surface area contributed by atoms with Crippen molar-refractivity contribution in [1.29, 1.82) is 0 Å². The second-order valence-corrected chi connectivity index (χ2v) is 6.74. The van der Waals surface area contributed by atoms with E-state index in [0.717, 1.165) is 12.3 Å². The normalized spacial score (nSPS) is 11.3. The van der Waals surface area contributed by atoms with Crippen LogP contribution in [-0.4, -0.2) is 41.1 Å². The first-order chi connectivity index (χ1) is 14.9. The van der Waals surface area contributed by atoms with Crippen LogP contribution in [-0.2, 0) is 4.79 Å². The lowest BCUT2D eigenvalue weighted by Gasteiger charge is -2.27. The van der Waals surface area contributed by atoms with Crippen LogP contribution in [0.4, 0.5) is 0 Å². The van der Waals surface area contributed by atoms with Crippen LogP contribution in [0.25, 0.3) is 11.0 Å². The molecule has 0 saturated carbocycles. The second-order valence-electron chi connectivity index (χ2n) is 6.74. The number of carboxylic acid groups (broad SMARTS) is 1. The molecule has 0 amide bonds. The number of benzene rings is 2. The minimum absolute atomic E-state index is 0.123. The van der Waals surface area contributed by atoms with Gasteiger partial charge in [0.05, 0.1) is 11.1 Å². The van der Waals surface area contributed by atoms with E-state index in [0.29, 0.717) is 35.5 Å². The summed E-state index contributed by atoms with van der Waals surface area (Å²) in [6, 6.07) is 14.8. The van der Waals surface area contributed by atoms with Crippen LogP contribution in [0.1, 0.15) is 29.8 Å². The zero-order chi connectivity index (χ0) is 22.8. The largest absolute Gasteiger partial charge is 0.481 e. The third-order valence-electron chi connectivity index (χ3n) is 4.40. The molecule has 0 spiro atoms. The van der Waals surface area contributed by atoms with Crippen LogP contribution in [0.3, 0.4) is 0 Å². The molecule has 1 N–H and O–H groups in total. The second kappa shape index (κ2) is 11.5. The SMILES string of the molecule is C=CCN(CC=C)C(C)Oc1ccccc1C(=O)c1coc2ccccc12.CC(=O)O. The molecule has 0 aliphatic carbocycles. The first-order valence-electron chi connectivity index (χ1n) is 9.81. The molecule has 31 heavy (non-hydrogen) atoms. The maximum Gasteiger partial charge on any atom is 0.300 e. The first kappa shape index (κ1) is 23.6. The fourth-order valence-corrected chi connectivity index (χ4v) is 3.02. The Balaban J connectivity index is 0.000000785. The number of rotatable bonds is 9. The van der Waals surface area contributed by atoms with Gasteiger partial charge in [0.15, 0.2) is 0 Å². The van der Waals surface area contributed by atoms with Gasteiger partial charge in [-0.15, -0.1) is 13.2 Å².